The predicted octanol–water partition coefficient (Wildman–Crippen LogP) is 3.44. The number of carbonyl (C=O) groups is 2. The molecule has 0 spiro atoms. The molecule has 2 aliphatic rings. The quantitative estimate of drug-likeness (QED) is 0.596. The number of rotatable bonds is 6. The summed E-state index contributed by atoms with van der Waals surface area (Å²) in [4.78, 5) is 26.8. The highest BCUT2D eigenvalue weighted by atomic mass is 79.9. The lowest BCUT2D eigenvalue weighted by Crippen LogP contribution is -2.38. The van der Waals surface area contributed by atoms with Crippen LogP contribution in [0.25, 0.3) is 0 Å². The summed E-state index contributed by atoms with van der Waals surface area (Å²) in [6.07, 6.45) is 3.43. The zero-order chi connectivity index (χ0) is 18.5. The molecule has 2 fully saturated rings. The van der Waals surface area contributed by atoms with E-state index in [4.69, 9.17) is 0 Å². The number of carboxylic acid groups (broad SMARTS) is 2. The molecule has 2 saturated heterocycles. The van der Waals surface area contributed by atoms with Gasteiger partial charge in [-0.2, -0.15) is 0 Å². The summed E-state index contributed by atoms with van der Waals surface area (Å²) in [6, 6.07) is 8.44. The van der Waals surface area contributed by atoms with Crippen LogP contribution in [0.3, 0.4) is 0 Å². The zero-order valence-corrected chi connectivity index (χ0v) is 19.4. The van der Waals surface area contributed by atoms with Crippen molar-refractivity contribution in [2.24, 2.45) is 11.8 Å². The molecule has 0 bridgehead atoms. The van der Waals surface area contributed by atoms with Gasteiger partial charge in [-0.15, -0.1) is 34.0 Å². The highest BCUT2D eigenvalue weighted by Crippen LogP contribution is 2.21. The smallest absolute Gasteiger partial charge is 0.307 e. The van der Waals surface area contributed by atoms with Gasteiger partial charge >= 0.3 is 11.9 Å². The zero-order valence-electron chi connectivity index (χ0n) is 16.0. The Labute approximate surface area is 187 Å². The molecule has 2 N–H and O–H groups in total. The fourth-order valence-electron chi connectivity index (χ4n) is 4.07. The summed E-state index contributed by atoms with van der Waals surface area (Å²) >= 11 is 0. The van der Waals surface area contributed by atoms with E-state index in [1.165, 1.54) is 11.1 Å². The van der Waals surface area contributed by atoms with E-state index in [0.717, 1.165) is 51.9 Å². The number of aliphatic carboxylic acids is 2. The molecule has 0 aromatic heterocycles. The van der Waals surface area contributed by atoms with Gasteiger partial charge < -0.3 is 10.2 Å². The normalized spacial score (nSPS) is 23.3. The second-order valence-corrected chi connectivity index (χ2v) is 7.64. The van der Waals surface area contributed by atoms with Gasteiger partial charge in [0.1, 0.15) is 0 Å². The molecule has 1 aromatic carbocycles. The first-order chi connectivity index (χ1) is 12.5. The number of piperidine rings is 2. The molecule has 6 nitrogen and oxygen atoms in total. The Morgan fingerprint density at radius 1 is 0.786 bits per heavy atom. The van der Waals surface area contributed by atoms with Crippen molar-refractivity contribution >= 4 is 45.9 Å². The van der Waals surface area contributed by atoms with Crippen LogP contribution in [0.2, 0.25) is 0 Å². The van der Waals surface area contributed by atoms with Crippen molar-refractivity contribution in [3.8, 4) is 0 Å². The van der Waals surface area contributed by atoms with Crippen molar-refractivity contribution in [2.45, 2.75) is 38.8 Å². The van der Waals surface area contributed by atoms with Crippen molar-refractivity contribution in [2.75, 3.05) is 26.2 Å². The monoisotopic (exact) mass is 520 g/mol. The average Bonchev–Trinajstić information content (AvgIpc) is 2.64. The predicted molar refractivity (Wildman–Crippen MR) is 118 cm³/mol. The van der Waals surface area contributed by atoms with Crippen LogP contribution in [-0.2, 0) is 22.7 Å². The third-order valence-electron chi connectivity index (χ3n) is 5.54. The van der Waals surface area contributed by atoms with Crippen molar-refractivity contribution < 1.29 is 19.8 Å². The lowest BCUT2D eigenvalue weighted by Gasteiger charge is -2.31. The van der Waals surface area contributed by atoms with Gasteiger partial charge in [0.2, 0.25) is 0 Å². The van der Waals surface area contributed by atoms with E-state index in [-0.39, 0.29) is 45.8 Å². The van der Waals surface area contributed by atoms with E-state index in [0.29, 0.717) is 13.1 Å². The Bertz CT molecular complexity index is 587. The van der Waals surface area contributed by atoms with Crippen LogP contribution in [0.5, 0.6) is 0 Å². The molecule has 2 atom stereocenters. The molecule has 8 heteroatoms. The van der Waals surface area contributed by atoms with E-state index >= 15 is 0 Å². The molecule has 3 rings (SSSR count). The second-order valence-electron chi connectivity index (χ2n) is 7.64. The first-order valence-electron chi connectivity index (χ1n) is 9.49. The van der Waals surface area contributed by atoms with Gasteiger partial charge in [-0.05, 0) is 49.9 Å². The van der Waals surface area contributed by atoms with Crippen molar-refractivity contribution in [3.63, 3.8) is 0 Å². The maximum atomic E-state index is 11.2. The van der Waals surface area contributed by atoms with Crippen molar-refractivity contribution in [3.05, 3.63) is 35.4 Å². The maximum absolute atomic E-state index is 11.2. The molecule has 2 unspecified atom stereocenters. The lowest BCUT2D eigenvalue weighted by atomic mass is 9.97. The molecule has 2 aliphatic heterocycles. The van der Waals surface area contributed by atoms with Crippen LogP contribution in [-0.4, -0.2) is 58.1 Å². The summed E-state index contributed by atoms with van der Waals surface area (Å²) in [5, 5.41) is 18.4. The van der Waals surface area contributed by atoms with E-state index in [1.54, 1.807) is 0 Å². The van der Waals surface area contributed by atoms with Gasteiger partial charge in [-0.3, -0.25) is 19.4 Å². The van der Waals surface area contributed by atoms with E-state index < -0.39 is 11.9 Å². The average molecular weight is 522 g/mol. The minimum Gasteiger partial charge on any atom is -0.481 e. The molecule has 2 heterocycles. The Kier molecular flexibility index (Phi) is 10.7. The molecule has 0 radical (unpaired) electrons. The first-order valence-corrected chi connectivity index (χ1v) is 9.49. The van der Waals surface area contributed by atoms with Crippen LogP contribution < -0.4 is 0 Å². The van der Waals surface area contributed by atoms with Gasteiger partial charge in [-0.1, -0.05) is 24.3 Å². The van der Waals surface area contributed by atoms with E-state index in [2.05, 4.69) is 34.1 Å². The van der Waals surface area contributed by atoms with Gasteiger partial charge in [0.25, 0.3) is 0 Å². The molecule has 1 aromatic rings. The minimum absolute atomic E-state index is 0. The number of carboxylic acids is 2. The summed E-state index contributed by atoms with van der Waals surface area (Å²) in [6.45, 7) is 4.73. The third-order valence-corrected chi connectivity index (χ3v) is 5.54. The Balaban J connectivity index is 0.00000196. The molecule has 28 heavy (non-hydrogen) atoms. The number of benzene rings is 1. The first kappa shape index (κ1) is 25.1. The fraction of sp³-hybridized carbons (Fsp3) is 0.600. The van der Waals surface area contributed by atoms with Crippen LogP contribution in [0.4, 0.5) is 0 Å². The molecular formula is C20H30Br2N2O4. The summed E-state index contributed by atoms with van der Waals surface area (Å²) in [5.41, 5.74) is 2.39. The Morgan fingerprint density at radius 2 is 1.14 bits per heavy atom. The van der Waals surface area contributed by atoms with E-state index in [9.17, 15) is 19.8 Å². The number of hydrogen-bond donors (Lipinski definition) is 2. The Morgan fingerprint density at radius 3 is 1.46 bits per heavy atom. The van der Waals surface area contributed by atoms with Gasteiger partial charge in [0.15, 0.2) is 0 Å². The molecular weight excluding hydrogens is 492 g/mol. The van der Waals surface area contributed by atoms with E-state index in [1.807, 2.05) is 0 Å². The van der Waals surface area contributed by atoms with Gasteiger partial charge in [0, 0.05) is 26.2 Å². The van der Waals surface area contributed by atoms with Gasteiger partial charge in [-0.25, -0.2) is 0 Å². The van der Waals surface area contributed by atoms with Crippen LogP contribution >= 0.6 is 34.0 Å². The Hall–Kier alpha value is -0.960. The summed E-state index contributed by atoms with van der Waals surface area (Å²) in [5.74, 6) is -1.87. The topological polar surface area (TPSA) is 81.1 Å². The maximum Gasteiger partial charge on any atom is 0.307 e. The fourth-order valence-corrected chi connectivity index (χ4v) is 4.07. The number of halogens is 2. The van der Waals surface area contributed by atoms with Crippen LogP contribution in [0.1, 0.15) is 36.8 Å². The highest BCUT2D eigenvalue weighted by molar-refractivity contribution is 8.93. The number of likely N-dealkylation sites (tertiary alicyclic amines) is 2. The highest BCUT2D eigenvalue weighted by Gasteiger charge is 2.26. The molecule has 0 amide bonds. The molecule has 0 saturated carbocycles. The standard InChI is InChI=1S/C20H28N2O4.2BrH/c23-19(24)17-3-1-9-21(13-17)11-15-5-7-16(8-6-15)12-22-10-2-4-18(14-22)20(25)26;;/h5-8,17-18H,1-4,9-14H2,(H,23,24)(H,25,26);2*1H. The SMILES string of the molecule is Br.Br.O=C(O)C1CCCN(Cc2ccc(CN3CCCC(C(=O)O)C3)cc2)C1. The minimum atomic E-state index is -0.689. The number of hydrogen-bond acceptors (Lipinski definition) is 4. The summed E-state index contributed by atoms with van der Waals surface area (Å²) in [7, 11) is 0. The van der Waals surface area contributed by atoms with Gasteiger partial charge in [0.05, 0.1) is 11.8 Å². The van der Waals surface area contributed by atoms with Crippen LogP contribution in [0, 0.1) is 11.8 Å². The van der Waals surface area contributed by atoms with Crippen molar-refractivity contribution in [1.82, 2.24) is 9.80 Å². The van der Waals surface area contributed by atoms with Crippen LogP contribution in [0.15, 0.2) is 24.3 Å². The second kappa shape index (κ2) is 11.9. The third kappa shape index (κ3) is 7.13. The molecule has 0 aliphatic carbocycles. The van der Waals surface area contributed by atoms with Crippen molar-refractivity contribution in [1.29, 1.82) is 0 Å². The number of nitrogens with zero attached hydrogens (tertiary/aromatic N) is 2. The summed E-state index contributed by atoms with van der Waals surface area (Å²) < 4.78 is 0. The molecule has 158 valence electrons. The largest absolute Gasteiger partial charge is 0.481 e. The lowest BCUT2D eigenvalue weighted by molar-refractivity contribution is -0.144.